The van der Waals surface area contributed by atoms with Crippen LogP contribution in [0.25, 0.3) is 6.08 Å². The quantitative estimate of drug-likeness (QED) is 0.461. The average Bonchev–Trinajstić information content (AvgIpc) is 2.77. The Bertz CT molecular complexity index is 1170. The number of aliphatic imine (C=N–C) groups is 1. The highest BCUT2D eigenvalue weighted by atomic mass is 35.5. The van der Waals surface area contributed by atoms with Gasteiger partial charge in [-0.05, 0) is 66.1 Å². The topological polar surface area (TPSA) is 45.4 Å². The van der Waals surface area contributed by atoms with Crippen molar-refractivity contribution in [2.24, 2.45) is 4.99 Å². The van der Waals surface area contributed by atoms with Crippen LogP contribution in [0.15, 0.2) is 71.7 Å². The molecule has 3 aromatic rings. The molecular weight excluding hydrogens is 415 g/mol. The van der Waals surface area contributed by atoms with Crippen LogP contribution < -0.4 is 4.74 Å². The van der Waals surface area contributed by atoms with E-state index >= 15 is 0 Å². The molecule has 30 heavy (non-hydrogen) atoms. The summed E-state index contributed by atoms with van der Waals surface area (Å²) in [6.45, 7) is 1.13. The standard InChI is InChI=1S/C25H18Cl2N2O/c26-21-7-6-20(24(27)14-21)16-30-22-8-9-23-19(13-22)11-12-29-25(23)10-5-17-1-3-18(15-28)4-2-17/h1-10,13-14H,11-12,16H2. The van der Waals surface area contributed by atoms with Crippen LogP contribution in [0.4, 0.5) is 0 Å². The molecule has 0 aliphatic carbocycles. The van der Waals surface area contributed by atoms with Gasteiger partial charge < -0.3 is 4.74 Å². The lowest BCUT2D eigenvalue weighted by molar-refractivity contribution is 0.306. The molecular formula is C25H18Cl2N2O. The minimum atomic E-state index is 0.383. The summed E-state index contributed by atoms with van der Waals surface area (Å²) in [4.78, 5) is 4.67. The van der Waals surface area contributed by atoms with E-state index in [1.165, 1.54) is 5.56 Å². The van der Waals surface area contributed by atoms with Gasteiger partial charge in [0.2, 0.25) is 0 Å². The fraction of sp³-hybridized carbons (Fsp3) is 0.120. The summed E-state index contributed by atoms with van der Waals surface area (Å²) in [5.41, 5.74) is 5.86. The van der Waals surface area contributed by atoms with Gasteiger partial charge in [0.25, 0.3) is 0 Å². The van der Waals surface area contributed by atoms with Gasteiger partial charge in [0, 0.05) is 27.7 Å². The minimum absolute atomic E-state index is 0.383. The molecule has 1 heterocycles. The fourth-order valence-corrected chi connectivity index (χ4v) is 3.75. The second kappa shape index (κ2) is 9.17. The molecule has 3 aromatic carbocycles. The Kier molecular flexibility index (Phi) is 6.18. The number of benzene rings is 3. The molecule has 0 bridgehead atoms. The van der Waals surface area contributed by atoms with E-state index in [4.69, 9.17) is 33.2 Å². The van der Waals surface area contributed by atoms with Crippen molar-refractivity contribution >= 4 is 35.0 Å². The Balaban J connectivity index is 1.48. The Hall–Kier alpha value is -3.06. The molecule has 0 saturated heterocycles. The second-order valence-corrected chi connectivity index (χ2v) is 7.77. The highest BCUT2D eigenvalue weighted by Gasteiger charge is 2.13. The zero-order chi connectivity index (χ0) is 20.9. The third-order valence-corrected chi connectivity index (χ3v) is 5.49. The van der Waals surface area contributed by atoms with Crippen LogP contribution in [0.3, 0.4) is 0 Å². The lowest BCUT2D eigenvalue weighted by Gasteiger charge is -2.17. The average molecular weight is 433 g/mol. The van der Waals surface area contributed by atoms with Crippen molar-refractivity contribution in [3.8, 4) is 11.8 Å². The molecule has 0 N–H and O–H groups in total. The van der Waals surface area contributed by atoms with Crippen molar-refractivity contribution in [1.82, 2.24) is 0 Å². The molecule has 4 rings (SSSR count). The van der Waals surface area contributed by atoms with Gasteiger partial charge in [-0.25, -0.2) is 0 Å². The van der Waals surface area contributed by atoms with E-state index in [-0.39, 0.29) is 0 Å². The van der Waals surface area contributed by atoms with Gasteiger partial charge in [-0.3, -0.25) is 4.99 Å². The minimum Gasteiger partial charge on any atom is -0.489 e. The van der Waals surface area contributed by atoms with E-state index < -0.39 is 0 Å². The van der Waals surface area contributed by atoms with Crippen molar-refractivity contribution in [2.45, 2.75) is 13.0 Å². The number of hydrogen-bond acceptors (Lipinski definition) is 3. The van der Waals surface area contributed by atoms with Gasteiger partial charge in [0.05, 0.1) is 17.3 Å². The smallest absolute Gasteiger partial charge is 0.120 e. The summed E-state index contributed by atoms with van der Waals surface area (Å²) in [5, 5.41) is 10.1. The number of rotatable bonds is 5. The number of fused-ring (bicyclic) bond motifs is 1. The summed E-state index contributed by atoms with van der Waals surface area (Å²) in [5.74, 6) is 0.803. The van der Waals surface area contributed by atoms with Crippen LogP contribution in [-0.2, 0) is 13.0 Å². The Morgan fingerprint density at radius 2 is 1.83 bits per heavy atom. The first-order valence-corrected chi connectivity index (χ1v) is 10.3. The van der Waals surface area contributed by atoms with Crippen molar-refractivity contribution in [3.63, 3.8) is 0 Å². The van der Waals surface area contributed by atoms with E-state index in [1.54, 1.807) is 6.07 Å². The van der Waals surface area contributed by atoms with Crippen LogP contribution in [0.2, 0.25) is 10.0 Å². The highest BCUT2D eigenvalue weighted by molar-refractivity contribution is 6.35. The maximum absolute atomic E-state index is 8.91. The predicted octanol–water partition coefficient (Wildman–Crippen LogP) is 6.50. The molecule has 0 unspecified atom stereocenters. The molecule has 5 heteroatoms. The van der Waals surface area contributed by atoms with Crippen LogP contribution in [0, 0.1) is 11.3 Å². The van der Waals surface area contributed by atoms with E-state index in [0.29, 0.717) is 22.2 Å². The molecule has 148 valence electrons. The monoisotopic (exact) mass is 432 g/mol. The fourth-order valence-electron chi connectivity index (χ4n) is 3.28. The first-order valence-electron chi connectivity index (χ1n) is 9.55. The van der Waals surface area contributed by atoms with E-state index in [2.05, 4.69) is 23.2 Å². The lowest BCUT2D eigenvalue weighted by Crippen LogP contribution is -2.11. The van der Waals surface area contributed by atoms with Crippen LogP contribution in [0.1, 0.15) is 27.8 Å². The Morgan fingerprint density at radius 3 is 2.60 bits per heavy atom. The summed E-state index contributed by atoms with van der Waals surface area (Å²) in [6, 6.07) is 21.1. The summed E-state index contributed by atoms with van der Waals surface area (Å²) < 4.78 is 5.95. The molecule has 1 aliphatic rings. The zero-order valence-corrected chi connectivity index (χ0v) is 17.6. The van der Waals surface area contributed by atoms with Crippen molar-refractivity contribution in [1.29, 1.82) is 5.26 Å². The first kappa shape index (κ1) is 20.2. The SMILES string of the molecule is N#Cc1ccc(C=CC2=NCCc3cc(OCc4ccc(Cl)cc4Cl)ccc32)cc1. The molecule has 0 saturated carbocycles. The number of ether oxygens (including phenoxy) is 1. The van der Waals surface area contributed by atoms with Gasteiger partial charge in [-0.15, -0.1) is 0 Å². The normalized spacial score (nSPS) is 12.9. The summed E-state index contributed by atoms with van der Waals surface area (Å²) >= 11 is 12.2. The lowest BCUT2D eigenvalue weighted by atomic mass is 9.96. The largest absolute Gasteiger partial charge is 0.489 e. The molecule has 0 spiro atoms. The van der Waals surface area contributed by atoms with Gasteiger partial charge in [0.15, 0.2) is 0 Å². The predicted molar refractivity (Wildman–Crippen MR) is 123 cm³/mol. The first-order chi connectivity index (χ1) is 14.6. The van der Waals surface area contributed by atoms with Crippen LogP contribution in [0.5, 0.6) is 5.75 Å². The number of allylic oxidation sites excluding steroid dienone is 1. The van der Waals surface area contributed by atoms with Gasteiger partial charge in [0.1, 0.15) is 12.4 Å². The molecule has 0 atom stereocenters. The summed E-state index contributed by atoms with van der Waals surface area (Å²) in [7, 11) is 0. The third-order valence-electron chi connectivity index (χ3n) is 4.90. The van der Waals surface area contributed by atoms with E-state index in [9.17, 15) is 0 Å². The van der Waals surface area contributed by atoms with Gasteiger partial charge in [-0.1, -0.05) is 47.5 Å². The maximum atomic E-state index is 8.91. The molecule has 3 nitrogen and oxygen atoms in total. The Morgan fingerprint density at radius 1 is 1.00 bits per heavy atom. The second-order valence-electron chi connectivity index (χ2n) is 6.93. The number of hydrogen-bond donors (Lipinski definition) is 0. The number of nitriles is 1. The molecule has 0 aromatic heterocycles. The molecule has 0 fully saturated rings. The van der Waals surface area contributed by atoms with Gasteiger partial charge >= 0.3 is 0 Å². The maximum Gasteiger partial charge on any atom is 0.120 e. The van der Waals surface area contributed by atoms with Crippen LogP contribution >= 0.6 is 23.2 Å². The summed E-state index contributed by atoms with van der Waals surface area (Å²) in [6.07, 6.45) is 4.91. The molecule has 1 aliphatic heterocycles. The molecule has 0 amide bonds. The van der Waals surface area contributed by atoms with E-state index in [1.807, 2.05) is 54.6 Å². The van der Waals surface area contributed by atoms with Crippen molar-refractivity contribution in [2.75, 3.05) is 6.54 Å². The Labute approximate surface area is 185 Å². The van der Waals surface area contributed by atoms with E-state index in [0.717, 1.165) is 41.1 Å². The zero-order valence-electron chi connectivity index (χ0n) is 16.1. The van der Waals surface area contributed by atoms with Crippen LogP contribution in [-0.4, -0.2) is 12.3 Å². The number of nitrogens with zero attached hydrogens (tertiary/aromatic N) is 2. The third kappa shape index (κ3) is 4.74. The van der Waals surface area contributed by atoms with Gasteiger partial charge in [-0.2, -0.15) is 5.26 Å². The van der Waals surface area contributed by atoms with Crippen molar-refractivity contribution < 1.29 is 4.74 Å². The molecule has 0 radical (unpaired) electrons. The van der Waals surface area contributed by atoms with Crippen molar-refractivity contribution in [3.05, 3.63) is 105 Å². The highest BCUT2D eigenvalue weighted by Crippen LogP contribution is 2.26. The number of halogens is 2.